The van der Waals surface area contributed by atoms with Gasteiger partial charge in [0.05, 0.1) is 18.1 Å². The fourth-order valence-corrected chi connectivity index (χ4v) is 3.17. The summed E-state index contributed by atoms with van der Waals surface area (Å²) in [4.78, 5) is 10.8. The molecule has 0 saturated carbocycles. The molecular formula is C11H16ClN3S. The molecule has 1 saturated heterocycles. The summed E-state index contributed by atoms with van der Waals surface area (Å²) in [7, 11) is 0. The Balaban J connectivity index is 1.97. The van der Waals surface area contributed by atoms with Crippen LogP contribution < -0.4 is 0 Å². The monoisotopic (exact) mass is 257 g/mol. The van der Waals surface area contributed by atoms with Crippen LogP contribution in [0.2, 0.25) is 5.15 Å². The summed E-state index contributed by atoms with van der Waals surface area (Å²) >= 11 is 7.75. The van der Waals surface area contributed by atoms with Crippen LogP contribution in [0.1, 0.15) is 19.5 Å². The zero-order valence-electron chi connectivity index (χ0n) is 9.61. The molecule has 1 aliphatic heterocycles. The van der Waals surface area contributed by atoms with Crippen molar-refractivity contribution in [3.05, 3.63) is 23.2 Å². The lowest BCUT2D eigenvalue weighted by molar-refractivity contribution is 0.249. The fourth-order valence-electron chi connectivity index (χ4n) is 1.90. The van der Waals surface area contributed by atoms with Gasteiger partial charge in [0.15, 0.2) is 0 Å². The molecule has 0 amide bonds. The highest BCUT2D eigenvalue weighted by molar-refractivity contribution is 8.00. The molecule has 0 N–H and O–H groups in total. The first kappa shape index (κ1) is 12.1. The molecule has 1 aromatic heterocycles. The molecule has 1 fully saturated rings. The van der Waals surface area contributed by atoms with E-state index in [1.807, 2.05) is 11.8 Å². The summed E-state index contributed by atoms with van der Waals surface area (Å²) in [5.41, 5.74) is 0.993. The van der Waals surface area contributed by atoms with Crippen molar-refractivity contribution in [1.29, 1.82) is 0 Å². The second-order valence-corrected chi connectivity index (χ2v) is 6.84. The zero-order chi connectivity index (χ0) is 11.6. The third-order valence-corrected chi connectivity index (χ3v) is 4.06. The Morgan fingerprint density at radius 3 is 2.88 bits per heavy atom. The smallest absolute Gasteiger partial charge is 0.147 e. The molecule has 5 heteroatoms. The van der Waals surface area contributed by atoms with Crippen molar-refractivity contribution < 1.29 is 0 Å². The molecule has 2 rings (SSSR count). The van der Waals surface area contributed by atoms with Gasteiger partial charge in [0, 0.05) is 30.1 Å². The Bertz CT molecular complexity index is 353. The van der Waals surface area contributed by atoms with Crippen LogP contribution in [-0.4, -0.2) is 38.5 Å². The molecule has 0 bridgehead atoms. The Hall–Kier alpha value is -0.320. The largest absolute Gasteiger partial charge is 0.295 e. The van der Waals surface area contributed by atoms with E-state index < -0.39 is 0 Å². The number of rotatable bonds is 2. The SMILES string of the molecule is CC1(C)CN(Cc2cnc(Cl)cn2)CCS1. The summed E-state index contributed by atoms with van der Waals surface area (Å²) in [5.74, 6) is 1.19. The maximum absolute atomic E-state index is 5.71. The highest BCUT2D eigenvalue weighted by Crippen LogP contribution is 2.29. The summed E-state index contributed by atoms with van der Waals surface area (Å²) < 4.78 is 0.345. The topological polar surface area (TPSA) is 29.0 Å². The third kappa shape index (κ3) is 3.34. The molecule has 0 spiro atoms. The molecule has 16 heavy (non-hydrogen) atoms. The van der Waals surface area contributed by atoms with Gasteiger partial charge in [-0.05, 0) is 13.8 Å². The Morgan fingerprint density at radius 1 is 1.44 bits per heavy atom. The van der Waals surface area contributed by atoms with Crippen LogP contribution in [0.4, 0.5) is 0 Å². The first-order valence-corrected chi connectivity index (χ1v) is 6.74. The van der Waals surface area contributed by atoms with Crippen molar-refractivity contribution in [3.63, 3.8) is 0 Å². The maximum atomic E-state index is 5.71. The lowest BCUT2D eigenvalue weighted by Gasteiger charge is -2.37. The van der Waals surface area contributed by atoms with Crippen LogP contribution in [0, 0.1) is 0 Å². The van der Waals surface area contributed by atoms with Gasteiger partial charge in [-0.3, -0.25) is 9.88 Å². The molecule has 0 unspecified atom stereocenters. The van der Waals surface area contributed by atoms with Crippen LogP contribution in [0.25, 0.3) is 0 Å². The second kappa shape index (κ2) is 4.90. The van der Waals surface area contributed by atoms with Gasteiger partial charge in [-0.25, -0.2) is 4.98 Å². The van der Waals surface area contributed by atoms with Gasteiger partial charge in [0.25, 0.3) is 0 Å². The van der Waals surface area contributed by atoms with Crippen molar-refractivity contribution in [2.75, 3.05) is 18.8 Å². The summed E-state index contributed by atoms with van der Waals surface area (Å²) in [6.45, 7) is 7.67. The Labute approximate surface area is 106 Å². The van der Waals surface area contributed by atoms with Crippen molar-refractivity contribution in [2.45, 2.75) is 25.1 Å². The highest BCUT2D eigenvalue weighted by Gasteiger charge is 2.26. The minimum absolute atomic E-state index is 0.345. The molecule has 1 aliphatic rings. The van der Waals surface area contributed by atoms with Crippen molar-refractivity contribution in [1.82, 2.24) is 14.9 Å². The number of hydrogen-bond donors (Lipinski definition) is 0. The molecule has 0 atom stereocenters. The predicted molar refractivity (Wildman–Crippen MR) is 68.9 cm³/mol. The molecule has 2 heterocycles. The van der Waals surface area contributed by atoms with Gasteiger partial charge >= 0.3 is 0 Å². The van der Waals surface area contributed by atoms with Crippen LogP contribution in [0.15, 0.2) is 12.4 Å². The van der Waals surface area contributed by atoms with E-state index in [1.54, 1.807) is 12.4 Å². The fraction of sp³-hybridized carbons (Fsp3) is 0.636. The Morgan fingerprint density at radius 2 is 2.25 bits per heavy atom. The van der Waals surface area contributed by atoms with E-state index in [0.717, 1.165) is 25.3 Å². The van der Waals surface area contributed by atoms with E-state index >= 15 is 0 Å². The van der Waals surface area contributed by atoms with Crippen molar-refractivity contribution in [3.8, 4) is 0 Å². The molecule has 88 valence electrons. The average molecular weight is 258 g/mol. The maximum Gasteiger partial charge on any atom is 0.147 e. The standard InChI is InChI=1S/C11H16ClN3S/c1-11(2)8-15(3-4-16-11)7-9-5-14-10(12)6-13-9/h5-6H,3-4,7-8H2,1-2H3. The lowest BCUT2D eigenvalue weighted by Crippen LogP contribution is -2.42. The minimum Gasteiger partial charge on any atom is -0.295 e. The van der Waals surface area contributed by atoms with Gasteiger partial charge < -0.3 is 0 Å². The van der Waals surface area contributed by atoms with E-state index in [0.29, 0.717) is 9.90 Å². The summed E-state index contributed by atoms with van der Waals surface area (Å²) in [6, 6.07) is 0. The molecule has 3 nitrogen and oxygen atoms in total. The number of halogens is 1. The Kier molecular flexibility index (Phi) is 3.72. The normalized spacial score (nSPS) is 20.9. The van der Waals surface area contributed by atoms with Crippen molar-refractivity contribution in [2.24, 2.45) is 0 Å². The third-order valence-electron chi connectivity index (χ3n) is 2.56. The average Bonchev–Trinajstić information content (AvgIpc) is 2.20. The zero-order valence-corrected chi connectivity index (χ0v) is 11.2. The van der Waals surface area contributed by atoms with E-state index in [4.69, 9.17) is 11.6 Å². The molecule has 0 radical (unpaired) electrons. The number of aromatic nitrogens is 2. The number of hydrogen-bond acceptors (Lipinski definition) is 4. The highest BCUT2D eigenvalue weighted by atomic mass is 35.5. The van der Waals surface area contributed by atoms with E-state index in [-0.39, 0.29) is 0 Å². The van der Waals surface area contributed by atoms with Gasteiger partial charge in [0.1, 0.15) is 5.15 Å². The molecule has 0 aliphatic carbocycles. The van der Waals surface area contributed by atoms with Gasteiger partial charge in [-0.15, -0.1) is 0 Å². The van der Waals surface area contributed by atoms with Gasteiger partial charge in [0.2, 0.25) is 0 Å². The first-order valence-electron chi connectivity index (χ1n) is 5.38. The van der Waals surface area contributed by atoms with Crippen LogP contribution in [-0.2, 0) is 6.54 Å². The van der Waals surface area contributed by atoms with E-state index in [9.17, 15) is 0 Å². The number of nitrogens with zero attached hydrogens (tertiary/aromatic N) is 3. The van der Waals surface area contributed by atoms with E-state index in [2.05, 4.69) is 28.7 Å². The van der Waals surface area contributed by atoms with Gasteiger partial charge in [-0.1, -0.05) is 11.6 Å². The van der Waals surface area contributed by atoms with Crippen LogP contribution in [0.5, 0.6) is 0 Å². The minimum atomic E-state index is 0.345. The first-order chi connectivity index (χ1) is 7.55. The van der Waals surface area contributed by atoms with Crippen LogP contribution in [0.3, 0.4) is 0 Å². The summed E-state index contributed by atoms with van der Waals surface area (Å²) in [5, 5.41) is 0.457. The number of thioether (sulfide) groups is 1. The van der Waals surface area contributed by atoms with E-state index in [1.165, 1.54) is 5.75 Å². The molecular weight excluding hydrogens is 242 g/mol. The van der Waals surface area contributed by atoms with Crippen LogP contribution >= 0.6 is 23.4 Å². The second-order valence-electron chi connectivity index (χ2n) is 4.65. The van der Waals surface area contributed by atoms with Crippen molar-refractivity contribution >= 4 is 23.4 Å². The predicted octanol–water partition coefficient (Wildman–Crippen LogP) is 2.46. The molecule has 0 aromatic carbocycles. The summed E-state index contributed by atoms with van der Waals surface area (Å²) in [6.07, 6.45) is 3.37. The van der Waals surface area contributed by atoms with Gasteiger partial charge in [-0.2, -0.15) is 11.8 Å². The molecule has 1 aromatic rings. The quantitative estimate of drug-likeness (QED) is 0.814. The lowest BCUT2D eigenvalue weighted by atomic mass is 10.2.